The SMILES string of the molecule is Cc1noc2nc(-c3ccccc3F)cc(C(=O)N3CCc4ccccc4C3)c12. The summed E-state index contributed by atoms with van der Waals surface area (Å²) in [4.78, 5) is 19.7. The molecular weight excluding hydrogens is 369 g/mol. The van der Waals surface area contributed by atoms with Crippen molar-refractivity contribution < 1.29 is 13.7 Å². The minimum absolute atomic E-state index is 0.129. The van der Waals surface area contributed by atoms with Crippen LogP contribution in [0.2, 0.25) is 0 Å². The first-order valence-corrected chi connectivity index (χ1v) is 9.50. The molecule has 0 saturated heterocycles. The molecule has 0 spiro atoms. The molecule has 144 valence electrons. The summed E-state index contributed by atoms with van der Waals surface area (Å²) < 4.78 is 19.7. The van der Waals surface area contributed by atoms with Crippen LogP contribution < -0.4 is 0 Å². The summed E-state index contributed by atoms with van der Waals surface area (Å²) >= 11 is 0. The Morgan fingerprint density at radius 3 is 2.69 bits per heavy atom. The van der Waals surface area contributed by atoms with Crippen molar-refractivity contribution in [2.45, 2.75) is 19.9 Å². The van der Waals surface area contributed by atoms with E-state index in [-0.39, 0.29) is 11.6 Å². The van der Waals surface area contributed by atoms with Crippen molar-refractivity contribution in [2.24, 2.45) is 0 Å². The topological polar surface area (TPSA) is 59.2 Å². The highest BCUT2D eigenvalue weighted by Gasteiger charge is 2.26. The van der Waals surface area contributed by atoms with E-state index in [1.165, 1.54) is 11.6 Å². The Labute approximate surface area is 166 Å². The zero-order valence-corrected chi connectivity index (χ0v) is 15.9. The van der Waals surface area contributed by atoms with Crippen LogP contribution in [0.1, 0.15) is 27.2 Å². The molecule has 0 N–H and O–H groups in total. The second-order valence-corrected chi connectivity index (χ2v) is 7.23. The summed E-state index contributed by atoms with van der Waals surface area (Å²) in [5, 5.41) is 4.55. The van der Waals surface area contributed by atoms with Gasteiger partial charge in [-0.2, -0.15) is 0 Å². The Morgan fingerprint density at radius 2 is 1.86 bits per heavy atom. The fraction of sp³-hybridized carbons (Fsp3) is 0.174. The highest BCUT2D eigenvalue weighted by molar-refractivity contribution is 6.07. The number of carbonyl (C=O) groups is 1. The van der Waals surface area contributed by atoms with E-state index >= 15 is 0 Å². The van der Waals surface area contributed by atoms with E-state index in [0.29, 0.717) is 41.0 Å². The molecule has 3 heterocycles. The Kier molecular flexibility index (Phi) is 4.12. The van der Waals surface area contributed by atoms with Gasteiger partial charge in [-0.15, -0.1) is 0 Å². The molecule has 0 fully saturated rings. The van der Waals surface area contributed by atoms with Gasteiger partial charge < -0.3 is 9.42 Å². The lowest BCUT2D eigenvalue weighted by atomic mass is 9.98. The monoisotopic (exact) mass is 387 g/mol. The average molecular weight is 387 g/mol. The number of aryl methyl sites for hydroxylation is 1. The number of rotatable bonds is 2. The molecule has 0 saturated carbocycles. The third kappa shape index (κ3) is 2.97. The summed E-state index contributed by atoms with van der Waals surface area (Å²) in [5.41, 5.74) is 4.36. The van der Waals surface area contributed by atoms with Gasteiger partial charge >= 0.3 is 0 Å². The van der Waals surface area contributed by atoms with E-state index in [4.69, 9.17) is 4.52 Å². The van der Waals surface area contributed by atoms with Crippen LogP contribution in [0.3, 0.4) is 0 Å². The minimum atomic E-state index is -0.402. The van der Waals surface area contributed by atoms with Crippen molar-refractivity contribution >= 4 is 17.0 Å². The maximum Gasteiger partial charge on any atom is 0.259 e. The van der Waals surface area contributed by atoms with Crippen molar-refractivity contribution in [3.05, 3.63) is 82.8 Å². The maximum atomic E-state index is 14.4. The van der Waals surface area contributed by atoms with Crippen molar-refractivity contribution in [1.82, 2.24) is 15.0 Å². The summed E-state index contributed by atoms with van der Waals surface area (Å²) in [6.07, 6.45) is 0.804. The third-order valence-electron chi connectivity index (χ3n) is 5.42. The van der Waals surface area contributed by atoms with Crippen molar-refractivity contribution in [2.75, 3.05) is 6.54 Å². The van der Waals surface area contributed by atoms with Gasteiger partial charge in [0.05, 0.1) is 22.3 Å². The number of hydrogen-bond acceptors (Lipinski definition) is 4. The van der Waals surface area contributed by atoms with Crippen molar-refractivity contribution in [3.8, 4) is 11.3 Å². The average Bonchev–Trinajstić information content (AvgIpc) is 3.13. The van der Waals surface area contributed by atoms with E-state index < -0.39 is 5.82 Å². The highest BCUT2D eigenvalue weighted by Crippen LogP contribution is 2.30. The number of nitrogens with zero attached hydrogens (tertiary/aromatic N) is 3. The number of fused-ring (bicyclic) bond motifs is 2. The van der Waals surface area contributed by atoms with Gasteiger partial charge in [0.2, 0.25) is 0 Å². The zero-order chi connectivity index (χ0) is 20.0. The predicted octanol–water partition coefficient (Wildman–Crippen LogP) is 4.54. The molecule has 0 bridgehead atoms. The van der Waals surface area contributed by atoms with Crippen LogP contribution in [0.4, 0.5) is 4.39 Å². The van der Waals surface area contributed by atoms with E-state index in [1.807, 2.05) is 23.1 Å². The van der Waals surface area contributed by atoms with Crippen LogP contribution in [-0.2, 0) is 13.0 Å². The fourth-order valence-corrected chi connectivity index (χ4v) is 3.91. The van der Waals surface area contributed by atoms with Gasteiger partial charge in [-0.1, -0.05) is 41.6 Å². The predicted molar refractivity (Wildman–Crippen MR) is 107 cm³/mol. The minimum Gasteiger partial charge on any atom is -0.335 e. The summed E-state index contributed by atoms with van der Waals surface area (Å²) in [6, 6.07) is 16.2. The molecule has 5 nitrogen and oxygen atoms in total. The van der Waals surface area contributed by atoms with Crippen molar-refractivity contribution in [3.63, 3.8) is 0 Å². The van der Waals surface area contributed by atoms with Gasteiger partial charge in [0.15, 0.2) is 0 Å². The smallest absolute Gasteiger partial charge is 0.259 e. The van der Waals surface area contributed by atoms with Gasteiger partial charge in [0.25, 0.3) is 11.6 Å². The van der Waals surface area contributed by atoms with Gasteiger partial charge in [-0.3, -0.25) is 4.79 Å². The van der Waals surface area contributed by atoms with Crippen LogP contribution >= 0.6 is 0 Å². The van der Waals surface area contributed by atoms with E-state index in [2.05, 4.69) is 16.2 Å². The van der Waals surface area contributed by atoms with Crippen LogP contribution in [0.25, 0.3) is 22.4 Å². The number of halogens is 1. The number of pyridine rings is 1. The van der Waals surface area contributed by atoms with E-state index in [9.17, 15) is 9.18 Å². The molecule has 6 heteroatoms. The molecule has 5 rings (SSSR count). The Hall–Kier alpha value is -3.54. The second-order valence-electron chi connectivity index (χ2n) is 7.23. The molecule has 2 aromatic carbocycles. The maximum absolute atomic E-state index is 14.4. The van der Waals surface area contributed by atoms with Crippen molar-refractivity contribution in [1.29, 1.82) is 0 Å². The molecule has 1 amide bonds. The first-order valence-electron chi connectivity index (χ1n) is 9.50. The summed E-state index contributed by atoms with van der Waals surface area (Å²) in [7, 11) is 0. The zero-order valence-electron chi connectivity index (χ0n) is 15.9. The van der Waals surface area contributed by atoms with Gasteiger partial charge in [-0.25, -0.2) is 9.37 Å². The standard InChI is InChI=1S/C23H18FN3O2/c1-14-21-18(23(28)27-11-10-15-6-2-3-7-16(15)13-27)12-20(25-22(21)29-26-14)17-8-4-5-9-19(17)24/h2-9,12H,10-11,13H2,1H3. The lowest BCUT2D eigenvalue weighted by molar-refractivity contribution is 0.0736. The van der Waals surface area contributed by atoms with E-state index in [0.717, 1.165) is 12.0 Å². The molecule has 1 aliphatic rings. The van der Waals surface area contributed by atoms with Gasteiger partial charge in [0.1, 0.15) is 5.82 Å². The first kappa shape index (κ1) is 17.6. The number of amides is 1. The third-order valence-corrected chi connectivity index (χ3v) is 5.42. The molecule has 2 aromatic heterocycles. The van der Waals surface area contributed by atoms with Crippen LogP contribution in [0.15, 0.2) is 59.1 Å². The van der Waals surface area contributed by atoms with E-state index in [1.54, 1.807) is 31.2 Å². The summed E-state index contributed by atoms with van der Waals surface area (Å²) in [6.45, 7) is 2.94. The van der Waals surface area contributed by atoms with Gasteiger partial charge in [-0.05, 0) is 42.7 Å². The quantitative estimate of drug-likeness (QED) is 0.507. The lowest BCUT2D eigenvalue weighted by Gasteiger charge is -2.29. The molecule has 0 aliphatic carbocycles. The Morgan fingerprint density at radius 1 is 1.10 bits per heavy atom. The van der Waals surface area contributed by atoms with Crippen LogP contribution in [0.5, 0.6) is 0 Å². The molecule has 1 aliphatic heterocycles. The first-order chi connectivity index (χ1) is 14.1. The fourth-order valence-electron chi connectivity index (χ4n) is 3.91. The number of aromatic nitrogens is 2. The van der Waals surface area contributed by atoms with Crippen LogP contribution in [-0.4, -0.2) is 27.5 Å². The molecule has 4 aromatic rings. The number of carbonyl (C=O) groups excluding carboxylic acids is 1. The second kappa shape index (κ2) is 6.81. The van der Waals surface area contributed by atoms with Gasteiger partial charge in [0, 0.05) is 18.7 Å². The molecule has 0 atom stereocenters. The molecular formula is C23H18FN3O2. The molecule has 0 unspecified atom stereocenters. The Balaban J connectivity index is 1.61. The molecule has 0 radical (unpaired) electrons. The Bertz CT molecular complexity index is 1250. The largest absolute Gasteiger partial charge is 0.335 e. The summed E-state index contributed by atoms with van der Waals surface area (Å²) in [5.74, 6) is -0.531. The number of benzene rings is 2. The number of hydrogen-bond donors (Lipinski definition) is 0. The highest BCUT2D eigenvalue weighted by atomic mass is 19.1. The lowest BCUT2D eigenvalue weighted by Crippen LogP contribution is -2.36. The molecule has 29 heavy (non-hydrogen) atoms. The normalized spacial score (nSPS) is 13.5. The van der Waals surface area contributed by atoms with Crippen LogP contribution in [0, 0.1) is 12.7 Å².